The Labute approximate surface area is 221 Å². The molecular formula is C27H33N2O6PS. The summed E-state index contributed by atoms with van der Waals surface area (Å²) < 4.78 is 35.4. The van der Waals surface area contributed by atoms with Gasteiger partial charge in [-0.25, -0.2) is 4.98 Å². The van der Waals surface area contributed by atoms with Crippen molar-refractivity contribution < 1.29 is 27.9 Å². The van der Waals surface area contributed by atoms with Gasteiger partial charge in [0.25, 0.3) is 5.91 Å². The molecule has 8 nitrogen and oxygen atoms in total. The summed E-state index contributed by atoms with van der Waals surface area (Å²) in [7, 11) is -0.0803. The van der Waals surface area contributed by atoms with E-state index in [0.29, 0.717) is 22.2 Å². The Morgan fingerprint density at radius 1 is 1.00 bits per heavy atom. The number of aromatic nitrogens is 1. The monoisotopic (exact) mass is 544 g/mol. The van der Waals surface area contributed by atoms with E-state index in [4.69, 9.17) is 23.5 Å². The maximum atomic E-state index is 13.2. The van der Waals surface area contributed by atoms with Crippen molar-refractivity contribution in [1.29, 1.82) is 0 Å². The zero-order valence-corrected chi connectivity index (χ0v) is 23.7. The first-order chi connectivity index (χ1) is 17.6. The Morgan fingerprint density at radius 2 is 1.62 bits per heavy atom. The Balaban J connectivity index is 1.49. The summed E-state index contributed by atoms with van der Waals surface area (Å²) in [5.74, 6) is 1.08. The molecule has 10 heteroatoms. The Kier molecular flexibility index (Phi) is 8.39. The van der Waals surface area contributed by atoms with E-state index < -0.39 is 7.60 Å². The molecule has 37 heavy (non-hydrogen) atoms. The predicted octanol–water partition coefficient (Wildman–Crippen LogP) is 6.72. The molecule has 0 atom stereocenters. The summed E-state index contributed by atoms with van der Waals surface area (Å²) in [6, 6.07) is 10.9. The zero-order valence-electron chi connectivity index (χ0n) is 22.0. The van der Waals surface area contributed by atoms with Gasteiger partial charge in [0.15, 0.2) is 16.6 Å². The van der Waals surface area contributed by atoms with E-state index in [1.54, 1.807) is 38.5 Å². The Hall–Kier alpha value is -2.71. The minimum Gasteiger partial charge on any atom is -0.493 e. The number of anilines is 1. The molecule has 1 aromatic heterocycles. The molecule has 0 aliphatic heterocycles. The molecule has 0 spiro atoms. The number of thiazole rings is 1. The van der Waals surface area contributed by atoms with Crippen molar-refractivity contribution in [3.63, 3.8) is 0 Å². The Bertz CT molecular complexity index is 1310. The first-order valence-corrected chi connectivity index (χ1v) is 14.8. The smallest absolute Gasteiger partial charge is 0.335 e. The standard InChI is InChI=1S/C27H33N2O6PS/c1-16(2)34-36(31,35-17(3)4)15-18-7-9-19(10-8-18)26(30)29-27-28-25-21-14-23(33-6)22(32-5)13-20(21)11-12-24(25)37-27/h7-10,13-14,16-17H,11-12,15H2,1-6H3,(H,28,29,30). The first kappa shape index (κ1) is 27.3. The van der Waals surface area contributed by atoms with E-state index in [-0.39, 0.29) is 24.3 Å². The lowest BCUT2D eigenvalue weighted by atomic mass is 9.93. The van der Waals surface area contributed by atoms with Crippen LogP contribution in [0.4, 0.5) is 5.13 Å². The molecule has 0 radical (unpaired) electrons. The van der Waals surface area contributed by atoms with Gasteiger partial charge < -0.3 is 18.5 Å². The van der Waals surface area contributed by atoms with E-state index in [9.17, 15) is 9.36 Å². The van der Waals surface area contributed by atoms with Crippen LogP contribution >= 0.6 is 18.9 Å². The second-order valence-corrected chi connectivity index (χ2v) is 12.4. The number of amides is 1. The van der Waals surface area contributed by atoms with Crippen LogP contribution in [0.2, 0.25) is 0 Å². The highest BCUT2D eigenvalue weighted by atomic mass is 32.1. The summed E-state index contributed by atoms with van der Waals surface area (Å²) >= 11 is 1.48. The van der Waals surface area contributed by atoms with Crippen molar-refractivity contribution in [1.82, 2.24) is 4.98 Å². The first-order valence-electron chi connectivity index (χ1n) is 12.2. The molecule has 0 saturated heterocycles. The van der Waals surface area contributed by atoms with Gasteiger partial charge in [-0.1, -0.05) is 12.1 Å². The van der Waals surface area contributed by atoms with Gasteiger partial charge in [-0.3, -0.25) is 14.7 Å². The van der Waals surface area contributed by atoms with E-state index >= 15 is 0 Å². The molecule has 1 heterocycles. The van der Waals surface area contributed by atoms with Crippen LogP contribution in [-0.4, -0.2) is 37.3 Å². The third-order valence-corrected chi connectivity index (χ3v) is 9.01. The van der Waals surface area contributed by atoms with E-state index in [1.807, 2.05) is 39.8 Å². The molecule has 4 rings (SSSR count). The van der Waals surface area contributed by atoms with Crippen LogP contribution in [-0.2, 0) is 32.6 Å². The minimum absolute atomic E-state index is 0.137. The molecule has 0 fully saturated rings. The molecule has 0 bridgehead atoms. The largest absolute Gasteiger partial charge is 0.493 e. The van der Waals surface area contributed by atoms with E-state index in [2.05, 4.69) is 5.32 Å². The lowest BCUT2D eigenvalue weighted by Gasteiger charge is -2.22. The van der Waals surface area contributed by atoms with Crippen molar-refractivity contribution in [3.8, 4) is 22.8 Å². The highest BCUT2D eigenvalue weighted by Crippen LogP contribution is 2.53. The quantitative estimate of drug-likeness (QED) is 0.283. The van der Waals surface area contributed by atoms with Gasteiger partial charge in [0.05, 0.1) is 38.3 Å². The van der Waals surface area contributed by atoms with Gasteiger partial charge in [0.1, 0.15) is 0 Å². The minimum atomic E-state index is -3.31. The van der Waals surface area contributed by atoms with E-state index in [0.717, 1.165) is 40.1 Å². The molecule has 1 aliphatic carbocycles. The Morgan fingerprint density at radius 3 is 2.22 bits per heavy atom. The maximum absolute atomic E-state index is 13.2. The van der Waals surface area contributed by atoms with Gasteiger partial charge >= 0.3 is 7.60 Å². The van der Waals surface area contributed by atoms with Crippen LogP contribution in [0.25, 0.3) is 11.3 Å². The number of carbonyl (C=O) groups excluding carboxylic acids is 1. The van der Waals surface area contributed by atoms with Gasteiger partial charge in [-0.05, 0) is 75.9 Å². The van der Waals surface area contributed by atoms with Crippen LogP contribution in [0.15, 0.2) is 36.4 Å². The van der Waals surface area contributed by atoms with Crippen molar-refractivity contribution in [2.24, 2.45) is 0 Å². The van der Waals surface area contributed by atoms with Crippen molar-refractivity contribution >= 4 is 30.0 Å². The number of ether oxygens (including phenoxy) is 2. The summed E-state index contributed by atoms with van der Waals surface area (Å²) in [6.07, 6.45) is 1.39. The van der Waals surface area contributed by atoms with E-state index in [1.165, 1.54) is 11.3 Å². The molecular weight excluding hydrogens is 511 g/mol. The fourth-order valence-corrected chi connectivity index (χ4v) is 7.39. The number of methoxy groups -OCH3 is 2. The number of hydrogen-bond donors (Lipinski definition) is 1. The van der Waals surface area contributed by atoms with Gasteiger partial charge in [-0.15, -0.1) is 11.3 Å². The summed E-state index contributed by atoms with van der Waals surface area (Å²) in [6.45, 7) is 7.30. The molecule has 1 amide bonds. The lowest BCUT2D eigenvalue weighted by Crippen LogP contribution is -2.12. The van der Waals surface area contributed by atoms with Crippen molar-refractivity contribution in [2.45, 2.75) is 58.9 Å². The zero-order chi connectivity index (χ0) is 26.7. The van der Waals surface area contributed by atoms with Crippen molar-refractivity contribution in [2.75, 3.05) is 19.5 Å². The normalized spacial score (nSPS) is 12.9. The average molecular weight is 545 g/mol. The lowest BCUT2D eigenvalue weighted by molar-refractivity contribution is 0.102. The molecule has 198 valence electrons. The second kappa shape index (κ2) is 11.4. The highest BCUT2D eigenvalue weighted by Gasteiger charge is 2.28. The van der Waals surface area contributed by atoms with Crippen LogP contribution in [0.1, 0.15) is 54.1 Å². The molecule has 1 N–H and O–H groups in total. The van der Waals surface area contributed by atoms with Gasteiger partial charge in [0, 0.05) is 16.0 Å². The second-order valence-electron chi connectivity index (χ2n) is 9.38. The SMILES string of the molecule is COc1cc2c(cc1OC)-c1nc(NC(=O)c3ccc(CP(=O)(OC(C)C)OC(C)C)cc3)sc1CC2. The number of aryl methyl sites for hydroxylation is 2. The van der Waals surface area contributed by atoms with Crippen LogP contribution in [0, 0.1) is 0 Å². The average Bonchev–Trinajstić information content (AvgIpc) is 3.25. The maximum Gasteiger partial charge on any atom is 0.335 e. The highest BCUT2D eigenvalue weighted by molar-refractivity contribution is 7.53. The summed E-state index contributed by atoms with van der Waals surface area (Å²) in [4.78, 5) is 18.8. The third-order valence-electron chi connectivity index (χ3n) is 5.74. The number of rotatable bonds is 10. The molecule has 2 aromatic carbocycles. The molecule has 0 unspecified atom stereocenters. The van der Waals surface area contributed by atoms with Gasteiger partial charge in [-0.2, -0.15) is 0 Å². The van der Waals surface area contributed by atoms with Crippen LogP contribution in [0.3, 0.4) is 0 Å². The number of benzene rings is 2. The van der Waals surface area contributed by atoms with Crippen LogP contribution < -0.4 is 14.8 Å². The van der Waals surface area contributed by atoms with Crippen LogP contribution in [0.5, 0.6) is 11.5 Å². The molecule has 0 saturated carbocycles. The molecule has 1 aliphatic rings. The fraction of sp³-hybridized carbons (Fsp3) is 0.407. The molecule has 3 aromatic rings. The third kappa shape index (κ3) is 6.41. The number of carbonyl (C=O) groups is 1. The van der Waals surface area contributed by atoms with Crippen molar-refractivity contribution in [3.05, 3.63) is 58.0 Å². The van der Waals surface area contributed by atoms with Gasteiger partial charge in [0.2, 0.25) is 0 Å². The number of hydrogen-bond acceptors (Lipinski definition) is 8. The topological polar surface area (TPSA) is 96.0 Å². The summed E-state index contributed by atoms with van der Waals surface area (Å²) in [5, 5.41) is 3.47. The number of nitrogens with zero attached hydrogens (tertiary/aromatic N) is 1. The summed E-state index contributed by atoms with van der Waals surface area (Å²) in [5.41, 5.74) is 4.25. The number of nitrogens with one attached hydrogen (secondary N) is 1. The number of fused-ring (bicyclic) bond motifs is 3. The predicted molar refractivity (Wildman–Crippen MR) is 146 cm³/mol. The fourth-order valence-electron chi connectivity index (χ4n) is 4.28.